The number of nitrogens with zero attached hydrogens (tertiary/aromatic N) is 1. The molecular formula is C14H14N2O3. The van der Waals surface area contributed by atoms with Crippen LogP contribution in [0, 0.1) is 0 Å². The van der Waals surface area contributed by atoms with Gasteiger partial charge in [-0.1, -0.05) is 18.2 Å². The second-order valence-corrected chi connectivity index (χ2v) is 4.10. The summed E-state index contributed by atoms with van der Waals surface area (Å²) in [4.78, 5) is 24.0. The van der Waals surface area contributed by atoms with Gasteiger partial charge in [0.1, 0.15) is 0 Å². The number of benzene rings is 1. The summed E-state index contributed by atoms with van der Waals surface area (Å²) in [6, 6.07) is 6.81. The van der Waals surface area contributed by atoms with E-state index >= 15 is 0 Å². The number of fused-ring (bicyclic) bond motifs is 1. The number of carbonyl (C=O) groups is 1. The zero-order chi connectivity index (χ0) is 14.0. The van der Waals surface area contributed by atoms with Gasteiger partial charge >= 0.3 is 0 Å². The lowest BCUT2D eigenvalue weighted by molar-refractivity contribution is 0.0946. The van der Waals surface area contributed by atoms with Gasteiger partial charge in [0.25, 0.3) is 5.91 Å². The maximum atomic E-state index is 12.0. The van der Waals surface area contributed by atoms with Gasteiger partial charge < -0.3 is 15.0 Å². The monoisotopic (exact) mass is 258 g/mol. The molecule has 2 rings (SSSR count). The Morgan fingerprint density at radius 2 is 2.16 bits per heavy atom. The number of aromatic hydroxyl groups is 1. The molecule has 0 aliphatic rings. The summed E-state index contributed by atoms with van der Waals surface area (Å²) in [6.07, 6.45) is 1.52. The second kappa shape index (κ2) is 4.97. The Morgan fingerprint density at radius 3 is 2.84 bits per heavy atom. The van der Waals surface area contributed by atoms with Crippen molar-refractivity contribution >= 4 is 16.8 Å². The molecule has 1 aromatic heterocycles. The fourth-order valence-electron chi connectivity index (χ4n) is 1.98. The molecule has 5 heteroatoms. The number of hydrogen-bond donors (Lipinski definition) is 2. The molecule has 0 saturated carbocycles. The zero-order valence-corrected chi connectivity index (χ0v) is 10.5. The lowest BCUT2D eigenvalue weighted by Gasteiger charge is -2.13. The van der Waals surface area contributed by atoms with E-state index in [9.17, 15) is 14.7 Å². The second-order valence-electron chi connectivity index (χ2n) is 4.10. The van der Waals surface area contributed by atoms with E-state index in [1.54, 1.807) is 31.3 Å². The Morgan fingerprint density at radius 1 is 1.47 bits per heavy atom. The van der Waals surface area contributed by atoms with Crippen LogP contribution in [0.15, 0.2) is 41.7 Å². The van der Waals surface area contributed by atoms with Gasteiger partial charge in [-0.3, -0.25) is 9.59 Å². The standard InChI is InChI=1S/C14H14N2O3/c1-3-8-15-14(19)11-13(18)12(17)9-6-4-5-7-10(9)16(11)2/h3-7,18H,1,8H2,2H3,(H,15,19). The van der Waals surface area contributed by atoms with Crippen LogP contribution in [0.1, 0.15) is 10.5 Å². The van der Waals surface area contributed by atoms with Crippen LogP contribution < -0.4 is 10.7 Å². The largest absolute Gasteiger partial charge is 0.503 e. The minimum atomic E-state index is -0.544. The molecule has 19 heavy (non-hydrogen) atoms. The lowest BCUT2D eigenvalue weighted by Crippen LogP contribution is -2.28. The maximum Gasteiger partial charge on any atom is 0.272 e. The third kappa shape index (κ3) is 2.10. The normalized spacial score (nSPS) is 10.4. The van der Waals surface area contributed by atoms with Crippen LogP contribution in [0.2, 0.25) is 0 Å². The number of aryl methyl sites for hydroxylation is 1. The molecule has 98 valence electrons. The molecule has 0 unspecified atom stereocenters. The molecule has 5 nitrogen and oxygen atoms in total. The van der Waals surface area contributed by atoms with Gasteiger partial charge in [0.2, 0.25) is 5.43 Å². The number of carbonyl (C=O) groups excluding carboxylic acids is 1. The third-order valence-electron chi connectivity index (χ3n) is 2.91. The van der Waals surface area contributed by atoms with Gasteiger partial charge in [-0.25, -0.2) is 0 Å². The molecule has 2 aromatic rings. The molecule has 0 spiro atoms. The maximum absolute atomic E-state index is 12.0. The van der Waals surface area contributed by atoms with Crippen LogP contribution in [0.5, 0.6) is 5.75 Å². The molecule has 0 aliphatic heterocycles. The van der Waals surface area contributed by atoms with Crippen molar-refractivity contribution in [3.63, 3.8) is 0 Å². The average Bonchev–Trinajstić information content (AvgIpc) is 2.43. The number of hydrogen-bond acceptors (Lipinski definition) is 3. The van der Waals surface area contributed by atoms with Crippen molar-refractivity contribution in [1.82, 2.24) is 9.88 Å². The predicted molar refractivity (Wildman–Crippen MR) is 73.4 cm³/mol. The van der Waals surface area contributed by atoms with Crippen LogP contribution in [-0.2, 0) is 7.05 Å². The molecule has 1 amide bonds. The summed E-state index contributed by atoms with van der Waals surface area (Å²) in [5.41, 5.74) is -0.00273. The fourth-order valence-corrected chi connectivity index (χ4v) is 1.98. The molecular weight excluding hydrogens is 244 g/mol. The molecule has 0 saturated heterocycles. The number of rotatable bonds is 3. The van der Waals surface area contributed by atoms with Crippen molar-refractivity contribution in [3.05, 3.63) is 52.8 Å². The Bertz CT molecular complexity index is 716. The summed E-state index contributed by atoms with van der Waals surface area (Å²) in [7, 11) is 1.63. The van der Waals surface area contributed by atoms with Crippen molar-refractivity contribution in [2.45, 2.75) is 0 Å². The fraction of sp³-hybridized carbons (Fsp3) is 0.143. The first-order valence-corrected chi connectivity index (χ1v) is 5.77. The van der Waals surface area contributed by atoms with Crippen LogP contribution >= 0.6 is 0 Å². The predicted octanol–water partition coefficient (Wildman–Crippen LogP) is 1.16. The van der Waals surface area contributed by atoms with E-state index < -0.39 is 17.1 Å². The van der Waals surface area contributed by atoms with Crippen LogP contribution in [0.3, 0.4) is 0 Å². The van der Waals surface area contributed by atoms with E-state index in [2.05, 4.69) is 11.9 Å². The highest BCUT2D eigenvalue weighted by Gasteiger charge is 2.19. The van der Waals surface area contributed by atoms with E-state index in [4.69, 9.17) is 0 Å². The molecule has 0 aliphatic carbocycles. The van der Waals surface area contributed by atoms with Crippen molar-refractivity contribution < 1.29 is 9.90 Å². The molecule has 0 fully saturated rings. The molecule has 0 radical (unpaired) electrons. The van der Waals surface area contributed by atoms with Crippen LogP contribution in [0.25, 0.3) is 10.9 Å². The third-order valence-corrected chi connectivity index (χ3v) is 2.91. The van der Waals surface area contributed by atoms with Crippen molar-refractivity contribution in [2.24, 2.45) is 7.05 Å². The highest BCUT2D eigenvalue weighted by Crippen LogP contribution is 2.18. The summed E-state index contributed by atoms with van der Waals surface area (Å²) >= 11 is 0. The summed E-state index contributed by atoms with van der Waals surface area (Å²) in [5, 5.41) is 12.8. The highest BCUT2D eigenvalue weighted by atomic mass is 16.3. The van der Waals surface area contributed by atoms with E-state index in [1.165, 1.54) is 10.6 Å². The molecule has 1 heterocycles. The Hall–Kier alpha value is -2.56. The first-order valence-electron chi connectivity index (χ1n) is 5.77. The highest BCUT2D eigenvalue weighted by molar-refractivity contribution is 5.98. The molecule has 1 aromatic carbocycles. The van der Waals surface area contributed by atoms with Gasteiger partial charge in [-0.05, 0) is 12.1 Å². The van der Waals surface area contributed by atoms with E-state index in [-0.39, 0.29) is 12.2 Å². The SMILES string of the molecule is C=CCNC(=O)c1c(O)c(=O)c2ccccc2n1C. The Labute approximate surface area is 109 Å². The van der Waals surface area contributed by atoms with Crippen molar-refractivity contribution in [1.29, 1.82) is 0 Å². The Balaban J connectivity index is 2.71. The first kappa shape index (κ1) is 12.9. The van der Waals surface area contributed by atoms with E-state index in [0.717, 1.165) is 0 Å². The van der Waals surface area contributed by atoms with Crippen molar-refractivity contribution in [2.75, 3.05) is 6.54 Å². The van der Waals surface area contributed by atoms with E-state index in [0.29, 0.717) is 10.9 Å². The Kier molecular flexibility index (Phi) is 3.37. The quantitative estimate of drug-likeness (QED) is 0.811. The van der Waals surface area contributed by atoms with Crippen LogP contribution in [-0.4, -0.2) is 22.1 Å². The van der Waals surface area contributed by atoms with E-state index in [1.807, 2.05) is 0 Å². The average molecular weight is 258 g/mol. The van der Waals surface area contributed by atoms with Gasteiger partial charge in [-0.2, -0.15) is 0 Å². The molecule has 2 N–H and O–H groups in total. The number of para-hydroxylation sites is 1. The molecule has 0 bridgehead atoms. The van der Waals surface area contributed by atoms with Gasteiger partial charge in [-0.15, -0.1) is 6.58 Å². The number of amides is 1. The topological polar surface area (TPSA) is 71.3 Å². The molecule has 0 atom stereocenters. The minimum Gasteiger partial charge on any atom is -0.503 e. The summed E-state index contributed by atoms with van der Waals surface area (Å²) in [5.74, 6) is -1.05. The van der Waals surface area contributed by atoms with Gasteiger partial charge in [0.05, 0.1) is 5.52 Å². The number of nitrogens with one attached hydrogen (secondary N) is 1. The zero-order valence-electron chi connectivity index (χ0n) is 10.5. The smallest absolute Gasteiger partial charge is 0.272 e. The van der Waals surface area contributed by atoms with Crippen LogP contribution in [0.4, 0.5) is 0 Å². The number of pyridine rings is 1. The number of aromatic nitrogens is 1. The van der Waals surface area contributed by atoms with Crippen molar-refractivity contribution in [3.8, 4) is 5.75 Å². The summed E-state index contributed by atoms with van der Waals surface area (Å²) < 4.78 is 1.50. The summed E-state index contributed by atoms with van der Waals surface area (Å²) in [6.45, 7) is 3.76. The first-order chi connectivity index (χ1) is 9.07. The lowest BCUT2D eigenvalue weighted by atomic mass is 10.1. The van der Waals surface area contributed by atoms with Gasteiger partial charge in [0, 0.05) is 19.0 Å². The van der Waals surface area contributed by atoms with Gasteiger partial charge in [0.15, 0.2) is 11.4 Å². The minimum absolute atomic E-state index is 0.0504.